The molecule has 3 heterocycles. The second-order valence-corrected chi connectivity index (χ2v) is 7.71. The van der Waals surface area contributed by atoms with Crippen LogP contribution in [0.15, 0.2) is 41.3 Å². The topological polar surface area (TPSA) is 77.1 Å². The normalized spacial score (nSPS) is 11.4. The second kappa shape index (κ2) is 7.71. The number of fused-ring (bicyclic) bond motifs is 2. The van der Waals surface area contributed by atoms with Crippen molar-refractivity contribution in [2.24, 2.45) is 0 Å². The SMILES string of the molecule is Cc1nc2ncnn2c(C)c1CCC(=O)NCCn1ccc2cc(Br)ccc21. The molecule has 1 aromatic carbocycles. The van der Waals surface area contributed by atoms with E-state index in [-0.39, 0.29) is 5.91 Å². The van der Waals surface area contributed by atoms with Gasteiger partial charge in [0.25, 0.3) is 5.78 Å². The van der Waals surface area contributed by atoms with Crippen LogP contribution < -0.4 is 5.32 Å². The predicted molar refractivity (Wildman–Crippen MR) is 111 cm³/mol. The van der Waals surface area contributed by atoms with Crippen LogP contribution in [-0.4, -0.2) is 36.6 Å². The summed E-state index contributed by atoms with van der Waals surface area (Å²) >= 11 is 3.49. The Hall–Kier alpha value is -2.74. The predicted octanol–water partition coefficient (Wildman–Crippen LogP) is 3.21. The molecule has 0 aliphatic rings. The van der Waals surface area contributed by atoms with Crippen molar-refractivity contribution in [1.82, 2.24) is 29.5 Å². The van der Waals surface area contributed by atoms with Crippen molar-refractivity contribution in [3.63, 3.8) is 0 Å². The van der Waals surface area contributed by atoms with Crippen molar-refractivity contribution < 1.29 is 4.79 Å². The van der Waals surface area contributed by atoms with E-state index in [1.165, 1.54) is 11.7 Å². The van der Waals surface area contributed by atoms with Crippen molar-refractivity contribution in [1.29, 1.82) is 0 Å². The highest BCUT2D eigenvalue weighted by atomic mass is 79.9. The number of nitrogens with one attached hydrogen (secondary N) is 1. The van der Waals surface area contributed by atoms with Crippen molar-refractivity contribution in [3.8, 4) is 0 Å². The van der Waals surface area contributed by atoms with Crippen LogP contribution in [0.2, 0.25) is 0 Å². The van der Waals surface area contributed by atoms with Gasteiger partial charge >= 0.3 is 0 Å². The van der Waals surface area contributed by atoms with E-state index < -0.39 is 0 Å². The van der Waals surface area contributed by atoms with Gasteiger partial charge in [0, 0.05) is 52.5 Å². The van der Waals surface area contributed by atoms with Gasteiger partial charge in [0.1, 0.15) is 6.33 Å². The zero-order chi connectivity index (χ0) is 19.7. The van der Waals surface area contributed by atoms with Crippen LogP contribution in [0.1, 0.15) is 23.4 Å². The van der Waals surface area contributed by atoms with Gasteiger partial charge in [-0.05, 0) is 50.1 Å². The van der Waals surface area contributed by atoms with E-state index in [0.29, 0.717) is 25.2 Å². The van der Waals surface area contributed by atoms with Crippen molar-refractivity contribution in [3.05, 3.63) is 58.2 Å². The summed E-state index contributed by atoms with van der Waals surface area (Å²) in [4.78, 5) is 20.9. The summed E-state index contributed by atoms with van der Waals surface area (Å²) in [6, 6.07) is 8.29. The number of rotatable bonds is 6. The van der Waals surface area contributed by atoms with E-state index in [4.69, 9.17) is 0 Å². The molecule has 0 saturated heterocycles. The number of carbonyl (C=O) groups is 1. The molecule has 144 valence electrons. The summed E-state index contributed by atoms with van der Waals surface area (Å²) in [5.74, 6) is 0.630. The molecule has 8 heteroatoms. The minimum Gasteiger partial charge on any atom is -0.354 e. The third kappa shape index (κ3) is 3.64. The van der Waals surface area contributed by atoms with E-state index in [0.717, 1.165) is 33.5 Å². The molecular formula is C20H21BrN6O. The van der Waals surface area contributed by atoms with E-state index in [1.807, 2.05) is 19.9 Å². The molecule has 28 heavy (non-hydrogen) atoms. The number of hydrogen-bond donors (Lipinski definition) is 1. The third-order valence-electron chi connectivity index (χ3n) is 5.00. The van der Waals surface area contributed by atoms with Crippen molar-refractivity contribution in [2.75, 3.05) is 6.54 Å². The maximum absolute atomic E-state index is 12.3. The Kier molecular flexibility index (Phi) is 5.13. The Bertz CT molecular complexity index is 1160. The lowest BCUT2D eigenvalue weighted by Crippen LogP contribution is -2.27. The number of amides is 1. The van der Waals surface area contributed by atoms with Crippen LogP contribution in [0.3, 0.4) is 0 Å². The molecule has 4 rings (SSSR count). The molecule has 1 amide bonds. The van der Waals surface area contributed by atoms with Crippen LogP contribution in [0.25, 0.3) is 16.7 Å². The maximum atomic E-state index is 12.3. The summed E-state index contributed by atoms with van der Waals surface area (Å²) in [6.45, 7) is 5.27. The number of aryl methyl sites for hydroxylation is 2. The quantitative estimate of drug-likeness (QED) is 0.499. The summed E-state index contributed by atoms with van der Waals surface area (Å²) in [7, 11) is 0. The van der Waals surface area contributed by atoms with Crippen molar-refractivity contribution in [2.45, 2.75) is 33.2 Å². The number of halogens is 1. The molecule has 0 aliphatic carbocycles. The molecule has 1 N–H and O–H groups in total. The molecule has 7 nitrogen and oxygen atoms in total. The number of hydrogen-bond acceptors (Lipinski definition) is 4. The van der Waals surface area contributed by atoms with Gasteiger partial charge in [0.15, 0.2) is 0 Å². The average Bonchev–Trinajstić information content (AvgIpc) is 3.28. The van der Waals surface area contributed by atoms with Gasteiger partial charge in [-0.15, -0.1) is 0 Å². The molecule has 0 atom stereocenters. The first-order valence-corrected chi connectivity index (χ1v) is 9.99. The molecular weight excluding hydrogens is 420 g/mol. The molecule has 3 aromatic heterocycles. The molecule has 0 saturated carbocycles. The Morgan fingerprint density at radius 1 is 1.25 bits per heavy atom. The molecule has 0 bridgehead atoms. The standard InChI is InChI=1S/C20H21BrN6O/c1-13-17(14(2)27-20(25-13)23-12-24-27)4-6-19(28)22-8-10-26-9-7-15-11-16(21)3-5-18(15)26/h3,5,7,9,11-12H,4,6,8,10H2,1-2H3,(H,22,28). The lowest BCUT2D eigenvalue weighted by atomic mass is 10.1. The first kappa shape index (κ1) is 18.6. The van der Waals surface area contributed by atoms with Crippen LogP contribution in [0.5, 0.6) is 0 Å². The fourth-order valence-electron chi connectivity index (χ4n) is 3.53. The average molecular weight is 441 g/mol. The Morgan fingerprint density at radius 3 is 2.96 bits per heavy atom. The Balaban J connectivity index is 1.34. The Labute approximate surface area is 170 Å². The largest absolute Gasteiger partial charge is 0.354 e. The summed E-state index contributed by atoms with van der Waals surface area (Å²) in [5.41, 5.74) is 4.10. The fourth-order valence-corrected chi connectivity index (χ4v) is 3.90. The number of benzene rings is 1. The minimum absolute atomic E-state index is 0.0386. The molecule has 0 unspecified atom stereocenters. The van der Waals surface area contributed by atoms with Crippen LogP contribution in [0.4, 0.5) is 0 Å². The van der Waals surface area contributed by atoms with Gasteiger partial charge in [0.05, 0.1) is 0 Å². The Morgan fingerprint density at radius 2 is 2.11 bits per heavy atom. The van der Waals surface area contributed by atoms with E-state index in [1.54, 1.807) is 4.52 Å². The van der Waals surface area contributed by atoms with Gasteiger partial charge in [-0.2, -0.15) is 10.1 Å². The minimum atomic E-state index is 0.0386. The monoisotopic (exact) mass is 440 g/mol. The van der Waals surface area contributed by atoms with Gasteiger partial charge in [-0.1, -0.05) is 15.9 Å². The highest BCUT2D eigenvalue weighted by Crippen LogP contribution is 2.20. The summed E-state index contributed by atoms with van der Waals surface area (Å²) < 4.78 is 4.93. The van der Waals surface area contributed by atoms with Gasteiger partial charge in [-0.3, -0.25) is 4.79 Å². The maximum Gasteiger partial charge on any atom is 0.252 e. The first-order valence-electron chi connectivity index (χ1n) is 9.20. The van der Waals surface area contributed by atoms with Gasteiger partial charge < -0.3 is 9.88 Å². The highest BCUT2D eigenvalue weighted by Gasteiger charge is 2.12. The number of aromatic nitrogens is 5. The summed E-state index contributed by atoms with van der Waals surface area (Å²) in [6.07, 6.45) is 4.60. The zero-order valence-electron chi connectivity index (χ0n) is 15.8. The van der Waals surface area contributed by atoms with Crippen LogP contribution in [0, 0.1) is 13.8 Å². The van der Waals surface area contributed by atoms with E-state index in [9.17, 15) is 4.79 Å². The molecule has 0 spiro atoms. The van der Waals surface area contributed by atoms with Gasteiger partial charge in [-0.25, -0.2) is 9.50 Å². The lowest BCUT2D eigenvalue weighted by Gasteiger charge is -2.11. The number of carbonyl (C=O) groups excluding carboxylic acids is 1. The number of nitrogens with zero attached hydrogens (tertiary/aromatic N) is 5. The fraction of sp³-hybridized carbons (Fsp3) is 0.300. The molecule has 0 aliphatic heterocycles. The molecule has 0 fully saturated rings. The van der Waals surface area contributed by atoms with Gasteiger partial charge in [0.2, 0.25) is 5.91 Å². The van der Waals surface area contributed by atoms with E-state index >= 15 is 0 Å². The molecule has 4 aromatic rings. The van der Waals surface area contributed by atoms with E-state index in [2.05, 4.69) is 65.3 Å². The molecule has 0 radical (unpaired) electrons. The van der Waals surface area contributed by atoms with Crippen molar-refractivity contribution >= 4 is 38.5 Å². The summed E-state index contributed by atoms with van der Waals surface area (Å²) in [5, 5.41) is 8.39. The first-order chi connectivity index (χ1) is 13.5. The van der Waals surface area contributed by atoms with Crippen LogP contribution >= 0.6 is 15.9 Å². The lowest BCUT2D eigenvalue weighted by molar-refractivity contribution is -0.121. The zero-order valence-corrected chi connectivity index (χ0v) is 17.4. The second-order valence-electron chi connectivity index (χ2n) is 6.80. The highest BCUT2D eigenvalue weighted by molar-refractivity contribution is 9.10. The van der Waals surface area contributed by atoms with Crippen LogP contribution in [-0.2, 0) is 17.8 Å². The smallest absolute Gasteiger partial charge is 0.252 e. The third-order valence-corrected chi connectivity index (χ3v) is 5.49.